The fourth-order valence-corrected chi connectivity index (χ4v) is 4.15. The van der Waals surface area contributed by atoms with E-state index < -0.39 is 0 Å². The summed E-state index contributed by atoms with van der Waals surface area (Å²) < 4.78 is 5.23. The Balaban J connectivity index is 1.26. The molecule has 2 aromatic carbocycles. The molecule has 3 N–H and O–H groups in total. The Labute approximate surface area is 180 Å². The minimum Gasteiger partial charge on any atom is -0.497 e. The number of hydrogen-bond donors (Lipinski definition) is 3. The van der Waals surface area contributed by atoms with Gasteiger partial charge >= 0.3 is 0 Å². The van der Waals surface area contributed by atoms with Gasteiger partial charge in [0.05, 0.1) is 12.8 Å². The van der Waals surface area contributed by atoms with E-state index in [1.54, 1.807) is 7.11 Å². The van der Waals surface area contributed by atoms with Crippen molar-refractivity contribution in [1.82, 2.24) is 20.5 Å². The van der Waals surface area contributed by atoms with E-state index in [4.69, 9.17) is 4.74 Å². The van der Waals surface area contributed by atoms with Crippen LogP contribution in [0, 0.1) is 0 Å². The van der Waals surface area contributed by atoms with Gasteiger partial charge in [0, 0.05) is 36.1 Å². The zero-order valence-corrected chi connectivity index (χ0v) is 17.4. The molecular formula is C24H25N5O2. The molecule has 1 saturated heterocycles. The number of rotatable bonds is 5. The molecule has 1 amide bonds. The summed E-state index contributed by atoms with van der Waals surface area (Å²) in [4.78, 5) is 18.2. The van der Waals surface area contributed by atoms with Crippen molar-refractivity contribution in [2.24, 2.45) is 0 Å². The molecule has 1 aliphatic rings. The summed E-state index contributed by atoms with van der Waals surface area (Å²) in [7, 11) is 1.66. The van der Waals surface area contributed by atoms with Gasteiger partial charge in [0.25, 0.3) is 5.91 Å². The monoisotopic (exact) mass is 415 g/mol. The largest absolute Gasteiger partial charge is 0.497 e. The number of para-hydroxylation sites is 1. The van der Waals surface area contributed by atoms with E-state index in [2.05, 4.69) is 31.5 Å². The standard InChI is InChI=1S/C24H25N5O2/c1-31-19-10-8-16(9-11-19)21-14-23(28-27-21)29-12-4-6-18(15-29)25-24(30)22-13-17-5-2-3-7-20(17)26-22/h2-3,5,7-11,13-14,18,26H,4,6,12,15H2,1H3,(H,25,30)(H,27,28)/t18-/m1/s1. The molecule has 7 nitrogen and oxygen atoms in total. The summed E-state index contributed by atoms with van der Waals surface area (Å²) in [5.41, 5.74) is 3.59. The lowest BCUT2D eigenvalue weighted by atomic mass is 10.1. The lowest BCUT2D eigenvalue weighted by Gasteiger charge is -2.33. The Hall–Kier alpha value is -3.74. The SMILES string of the molecule is COc1ccc(-c2cc(N3CCC[C@@H](NC(=O)c4cc5ccccc5[nH]4)C3)n[nH]2)cc1. The lowest BCUT2D eigenvalue weighted by molar-refractivity contribution is 0.0929. The molecule has 3 heterocycles. The van der Waals surface area contributed by atoms with E-state index in [1.807, 2.05) is 54.6 Å². The second-order valence-electron chi connectivity index (χ2n) is 7.90. The molecule has 2 aromatic heterocycles. The minimum atomic E-state index is -0.0657. The molecule has 0 aliphatic carbocycles. The normalized spacial score (nSPS) is 16.4. The van der Waals surface area contributed by atoms with E-state index in [0.717, 1.165) is 59.7 Å². The number of aromatic amines is 2. The number of fused-ring (bicyclic) bond motifs is 1. The van der Waals surface area contributed by atoms with Gasteiger partial charge < -0.3 is 19.9 Å². The number of ether oxygens (including phenoxy) is 1. The van der Waals surface area contributed by atoms with Crippen molar-refractivity contribution in [2.45, 2.75) is 18.9 Å². The third kappa shape index (κ3) is 3.99. The van der Waals surface area contributed by atoms with Gasteiger partial charge in [-0.3, -0.25) is 9.89 Å². The van der Waals surface area contributed by atoms with E-state index in [1.165, 1.54) is 0 Å². The molecule has 0 bridgehead atoms. The zero-order valence-electron chi connectivity index (χ0n) is 17.4. The molecular weight excluding hydrogens is 390 g/mol. The Morgan fingerprint density at radius 1 is 1.16 bits per heavy atom. The number of carbonyl (C=O) groups excluding carboxylic acids is 1. The number of nitrogens with zero attached hydrogens (tertiary/aromatic N) is 2. The summed E-state index contributed by atoms with van der Waals surface area (Å²) in [5, 5.41) is 11.9. The molecule has 31 heavy (non-hydrogen) atoms. The fraction of sp³-hybridized carbons (Fsp3) is 0.250. The number of amides is 1. The molecule has 7 heteroatoms. The highest BCUT2D eigenvalue weighted by atomic mass is 16.5. The van der Waals surface area contributed by atoms with Crippen LogP contribution in [0.3, 0.4) is 0 Å². The fourth-order valence-electron chi connectivity index (χ4n) is 4.15. The number of benzene rings is 2. The molecule has 1 fully saturated rings. The Kier molecular flexibility index (Phi) is 5.08. The molecule has 0 saturated carbocycles. The number of carbonyl (C=O) groups is 1. The quantitative estimate of drug-likeness (QED) is 0.460. The van der Waals surface area contributed by atoms with Crippen LogP contribution in [0.5, 0.6) is 5.75 Å². The number of piperidine rings is 1. The first-order valence-corrected chi connectivity index (χ1v) is 10.5. The number of H-pyrrole nitrogens is 2. The average Bonchev–Trinajstić information content (AvgIpc) is 3.47. The maximum absolute atomic E-state index is 12.8. The van der Waals surface area contributed by atoms with Gasteiger partial charge in [-0.2, -0.15) is 5.10 Å². The molecule has 158 valence electrons. The van der Waals surface area contributed by atoms with Gasteiger partial charge in [0.2, 0.25) is 0 Å². The number of hydrogen-bond acceptors (Lipinski definition) is 4. The second kappa shape index (κ2) is 8.18. The minimum absolute atomic E-state index is 0.0657. The van der Waals surface area contributed by atoms with Crippen LogP contribution < -0.4 is 15.0 Å². The first-order valence-electron chi connectivity index (χ1n) is 10.5. The topological polar surface area (TPSA) is 86.0 Å². The third-order valence-corrected chi connectivity index (χ3v) is 5.82. The highest BCUT2D eigenvalue weighted by molar-refractivity contribution is 5.98. The Bertz CT molecular complexity index is 1160. The van der Waals surface area contributed by atoms with Gasteiger partial charge in [-0.1, -0.05) is 18.2 Å². The van der Waals surface area contributed by atoms with Crippen molar-refractivity contribution in [3.63, 3.8) is 0 Å². The van der Waals surface area contributed by atoms with Crippen LogP contribution in [0.2, 0.25) is 0 Å². The number of methoxy groups -OCH3 is 1. The first-order chi connectivity index (χ1) is 15.2. The average molecular weight is 415 g/mol. The van der Waals surface area contributed by atoms with Crippen molar-refractivity contribution in [3.8, 4) is 17.0 Å². The van der Waals surface area contributed by atoms with Gasteiger partial charge in [-0.05, 0) is 54.8 Å². The molecule has 0 unspecified atom stereocenters. The van der Waals surface area contributed by atoms with Crippen LogP contribution in [0.25, 0.3) is 22.2 Å². The summed E-state index contributed by atoms with van der Waals surface area (Å²) in [6.07, 6.45) is 1.96. The summed E-state index contributed by atoms with van der Waals surface area (Å²) in [5.74, 6) is 1.66. The van der Waals surface area contributed by atoms with Crippen molar-refractivity contribution in [3.05, 3.63) is 66.4 Å². The number of aromatic nitrogens is 3. The first kappa shape index (κ1) is 19.2. The third-order valence-electron chi connectivity index (χ3n) is 5.82. The molecule has 0 radical (unpaired) electrons. The Morgan fingerprint density at radius 2 is 2.00 bits per heavy atom. The summed E-state index contributed by atoms with van der Waals surface area (Å²) >= 11 is 0. The van der Waals surface area contributed by atoms with Crippen molar-refractivity contribution in [2.75, 3.05) is 25.1 Å². The van der Waals surface area contributed by atoms with Crippen molar-refractivity contribution >= 4 is 22.6 Å². The van der Waals surface area contributed by atoms with E-state index in [0.29, 0.717) is 5.69 Å². The zero-order chi connectivity index (χ0) is 21.2. The van der Waals surface area contributed by atoms with E-state index in [9.17, 15) is 4.79 Å². The lowest BCUT2D eigenvalue weighted by Crippen LogP contribution is -2.48. The van der Waals surface area contributed by atoms with Gasteiger partial charge in [-0.15, -0.1) is 0 Å². The number of anilines is 1. The van der Waals surface area contributed by atoms with Gasteiger partial charge in [0.15, 0.2) is 5.82 Å². The molecule has 1 atom stereocenters. The highest BCUT2D eigenvalue weighted by Crippen LogP contribution is 2.26. The Morgan fingerprint density at radius 3 is 2.81 bits per heavy atom. The van der Waals surface area contributed by atoms with Gasteiger partial charge in [0.1, 0.15) is 11.4 Å². The van der Waals surface area contributed by atoms with Crippen LogP contribution in [0.4, 0.5) is 5.82 Å². The van der Waals surface area contributed by atoms with E-state index >= 15 is 0 Å². The smallest absolute Gasteiger partial charge is 0.268 e. The van der Waals surface area contributed by atoms with E-state index in [-0.39, 0.29) is 11.9 Å². The van der Waals surface area contributed by atoms with Crippen molar-refractivity contribution in [1.29, 1.82) is 0 Å². The van der Waals surface area contributed by atoms with Crippen LogP contribution >= 0.6 is 0 Å². The highest BCUT2D eigenvalue weighted by Gasteiger charge is 2.24. The second-order valence-corrected chi connectivity index (χ2v) is 7.90. The van der Waals surface area contributed by atoms with Gasteiger partial charge in [-0.25, -0.2) is 0 Å². The number of nitrogens with one attached hydrogen (secondary N) is 3. The predicted molar refractivity (Wildman–Crippen MR) is 122 cm³/mol. The molecule has 1 aliphatic heterocycles. The van der Waals surface area contributed by atoms with Crippen LogP contribution in [0.15, 0.2) is 60.7 Å². The maximum Gasteiger partial charge on any atom is 0.268 e. The van der Waals surface area contributed by atoms with Crippen LogP contribution in [-0.4, -0.2) is 47.3 Å². The predicted octanol–water partition coefficient (Wildman–Crippen LogP) is 3.97. The molecule has 0 spiro atoms. The molecule has 5 rings (SSSR count). The summed E-state index contributed by atoms with van der Waals surface area (Å²) in [6.45, 7) is 1.66. The van der Waals surface area contributed by atoms with Crippen LogP contribution in [0.1, 0.15) is 23.3 Å². The van der Waals surface area contributed by atoms with Crippen molar-refractivity contribution < 1.29 is 9.53 Å². The summed E-state index contributed by atoms with van der Waals surface area (Å²) in [6, 6.07) is 19.8. The van der Waals surface area contributed by atoms with Crippen LogP contribution in [-0.2, 0) is 0 Å². The maximum atomic E-state index is 12.8. The molecule has 4 aromatic rings.